The van der Waals surface area contributed by atoms with E-state index in [1.54, 1.807) is 24.7 Å². The number of nitrogens with zero attached hydrogens (tertiary/aromatic N) is 6. The molecule has 0 radical (unpaired) electrons. The summed E-state index contributed by atoms with van der Waals surface area (Å²) in [5.41, 5.74) is 6.23. The minimum absolute atomic E-state index is 0.137. The first-order valence-electron chi connectivity index (χ1n) is 19.9. The Bertz CT molecular complexity index is 2420. The number of rotatable bonds is 11. The number of nitrogens with one attached hydrogen (secondary N) is 4. The van der Waals surface area contributed by atoms with Gasteiger partial charge in [-0.05, 0) is 112 Å². The second kappa shape index (κ2) is 21.2. The van der Waals surface area contributed by atoms with Gasteiger partial charge in [-0.15, -0.1) is 0 Å². The largest absolute Gasteiger partial charge is 0.478 e. The van der Waals surface area contributed by atoms with Gasteiger partial charge in [0.1, 0.15) is 10.1 Å². The van der Waals surface area contributed by atoms with Crippen LogP contribution in [0.3, 0.4) is 0 Å². The molecule has 0 unspecified atom stereocenters. The fourth-order valence-corrected chi connectivity index (χ4v) is 10.2. The van der Waals surface area contributed by atoms with E-state index in [9.17, 15) is 14.4 Å². The first-order chi connectivity index (χ1) is 29.6. The van der Waals surface area contributed by atoms with Gasteiger partial charge in [-0.2, -0.15) is 0 Å². The molecule has 18 heteroatoms. The molecular weight excluding hydrogens is 849 g/mol. The third-order valence-electron chi connectivity index (χ3n) is 9.64. The number of anilines is 6. The van der Waals surface area contributed by atoms with Gasteiger partial charge >= 0.3 is 18.0 Å². The van der Waals surface area contributed by atoms with Crippen molar-refractivity contribution in [2.24, 2.45) is 0 Å². The lowest BCUT2D eigenvalue weighted by molar-refractivity contribution is 0.0696. The molecule has 14 nitrogen and oxygen atoms in total. The number of pyridine rings is 2. The van der Waals surface area contributed by atoms with E-state index in [1.165, 1.54) is 89.7 Å². The maximum Gasteiger partial charge on any atom is 0.337 e. The number of benzene rings is 2. The fourth-order valence-electron chi connectivity index (χ4n) is 6.70. The van der Waals surface area contributed by atoms with Gasteiger partial charge in [0.15, 0.2) is 10.3 Å². The molecule has 4 aromatic heterocycles. The molecular formula is C43H46N10O4S4. The fraction of sp³-hybridized carbons (Fsp3) is 0.279. The standard InChI is InChI=1S/C22H23N5O3S2.C21H23N5OS2/c1-14-5-7-16(17(11-14)27-9-3-2-4-10-27)25-21(30)26-22-24-13-19(32-22)31-18-8-6-15(12-23-18)20(28)29;1-15-8-9-16(17(13-15)26-11-5-2-6-12-26)24-20(27)25-21-23-14-19(29-21)28-18-7-3-4-10-22-18/h5-8,11-13H,2-4,9-10H2,1H3,(H,28,29)(H2,24,25,26,30);3-4,7-10,13-14H,2,5-6,11-12H2,1H3,(H2,23,24,25,27). The Morgan fingerprint density at radius 1 is 0.590 bits per heavy atom. The number of carboxylic acid groups (broad SMARTS) is 1. The van der Waals surface area contributed by atoms with Gasteiger partial charge in [0, 0.05) is 38.6 Å². The van der Waals surface area contributed by atoms with E-state index >= 15 is 0 Å². The van der Waals surface area contributed by atoms with Crippen molar-refractivity contribution in [1.29, 1.82) is 0 Å². The van der Waals surface area contributed by atoms with E-state index in [4.69, 9.17) is 5.11 Å². The lowest BCUT2D eigenvalue weighted by Gasteiger charge is -2.30. The van der Waals surface area contributed by atoms with Crippen LogP contribution in [0.2, 0.25) is 0 Å². The van der Waals surface area contributed by atoms with Crippen LogP contribution in [0.4, 0.5) is 42.6 Å². The molecule has 2 saturated heterocycles. The lowest BCUT2D eigenvalue weighted by atomic mass is 10.1. The molecule has 0 bridgehead atoms. The number of urea groups is 2. The topological polar surface area (TPSA) is 178 Å². The van der Waals surface area contributed by atoms with Crippen molar-refractivity contribution in [3.8, 4) is 0 Å². The number of piperidine rings is 2. The zero-order valence-electron chi connectivity index (χ0n) is 33.7. The average molecular weight is 895 g/mol. The molecule has 8 rings (SSSR count). The van der Waals surface area contributed by atoms with Gasteiger partial charge in [0.2, 0.25) is 0 Å². The zero-order valence-corrected chi connectivity index (χ0v) is 37.0. The number of aryl methyl sites for hydroxylation is 2. The van der Waals surface area contributed by atoms with E-state index in [1.807, 2.05) is 42.5 Å². The minimum atomic E-state index is -1.01. The molecule has 4 amide bonds. The van der Waals surface area contributed by atoms with Gasteiger partial charge < -0.3 is 25.5 Å². The number of carbonyl (C=O) groups excluding carboxylic acids is 2. The number of carboxylic acids is 1. The summed E-state index contributed by atoms with van der Waals surface area (Å²) in [4.78, 5) is 57.8. The number of hydrogen-bond acceptors (Lipinski definition) is 13. The highest BCUT2D eigenvalue weighted by atomic mass is 32.2. The van der Waals surface area contributed by atoms with Crippen LogP contribution >= 0.6 is 46.2 Å². The highest BCUT2D eigenvalue weighted by Gasteiger charge is 2.19. The van der Waals surface area contributed by atoms with Crippen LogP contribution in [0.15, 0.2) is 110 Å². The summed E-state index contributed by atoms with van der Waals surface area (Å²) in [5, 5.41) is 23.1. The number of amides is 4. The Labute approximate surface area is 371 Å². The minimum Gasteiger partial charge on any atom is -0.478 e. The van der Waals surface area contributed by atoms with Crippen molar-refractivity contribution in [3.05, 3.63) is 108 Å². The van der Waals surface area contributed by atoms with E-state index in [0.29, 0.717) is 15.3 Å². The highest BCUT2D eigenvalue weighted by Crippen LogP contribution is 2.35. The summed E-state index contributed by atoms with van der Waals surface area (Å²) in [5.74, 6) is -1.01. The van der Waals surface area contributed by atoms with Crippen molar-refractivity contribution in [2.45, 2.75) is 70.8 Å². The zero-order chi connectivity index (χ0) is 42.6. The molecule has 6 aromatic rings. The Morgan fingerprint density at radius 3 is 1.54 bits per heavy atom. The average Bonchev–Trinajstić information content (AvgIpc) is 3.91. The summed E-state index contributed by atoms with van der Waals surface area (Å²) < 4.78 is 1.81. The third-order valence-corrected chi connectivity index (χ3v) is 13.6. The predicted molar refractivity (Wildman–Crippen MR) is 248 cm³/mol. The molecule has 316 valence electrons. The summed E-state index contributed by atoms with van der Waals surface area (Å²) >= 11 is 5.64. The molecule has 0 aliphatic carbocycles. The Balaban J connectivity index is 0.000000185. The summed E-state index contributed by atoms with van der Waals surface area (Å²) in [6.45, 7) is 8.17. The number of thiazole rings is 2. The Hall–Kier alpha value is -5.69. The van der Waals surface area contributed by atoms with E-state index in [2.05, 4.69) is 77.0 Å². The van der Waals surface area contributed by atoms with Gasteiger partial charge in [-0.1, -0.05) is 64.4 Å². The van der Waals surface area contributed by atoms with Gasteiger partial charge in [0.05, 0.1) is 49.1 Å². The summed E-state index contributed by atoms with van der Waals surface area (Å²) in [6.07, 6.45) is 13.7. The smallest absolute Gasteiger partial charge is 0.337 e. The lowest BCUT2D eigenvalue weighted by Crippen LogP contribution is -2.31. The normalized spacial score (nSPS) is 13.7. The van der Waals surface area contributed by atoms with Crippen LogP contribution in [-0.4, -0.2) is 69.3 Å². The predicted octanol–water partition coefficient (Wildman–Crippen LogP) is 11.0. The van der Waals surface area contributed by atoms with E-state index in [0.717, 1.165) is 80.8 Å². The number of hydrogen-bond donors (Lipinski definition) is 5. The number of aromatic carboxylic acids is 1. The Morgan fingerprint density at radius 2 is 1.10 bits per heavy atom. The quantitative estimate of drug-likeness (QED) is 0.0833. The molecule has 0 spiro atoms. The van der Waals surface area contributed by atoms with E-state index < -0.39 is 5.97 Å². The van der Waals surface area contributed by atoms with Crippen molar-refractivity contribution in [1.82, 2.24) is 19.9 Å². The second-order valence-electron chi connectivity index (χ2n) is 14.3. The van der Waals surface area contributed by atoms with Crippen LogP contribution in [0.5, 0.6) is 0 Å². The third kappa shape index (κ3) is 12.7. The van der Waals surface area contributed by atoms with Crippen molar-refractivity contribution >= 4 is 97.2 Å². The molecule has 2 aliphatic rings. The highest BCUT2D eigenvalue weighted by molar-refractivity contribution is 8.01. The monoisotopic (exact) mass is 894 g/mol. The molecule has 2 aliphatic heterocycles. The van der Waals surface area contributed by atoms with Gasteiger partial charge in [-0.25, -0.2) is 34.3 Å². The van der Waals surface area contributed by atoms with Crippen LogP contribution in [0.25, 0.3) is 0 Å². The summed E-state index contributed by atoms with van der Waals surface area (Å²) in [6, 6.07) is 20.5. The number of aromatic nitrogens is 4. The van der Waals surface area contributed by atoms with Crippen LogP contribution in [0, 0.1) is 13.8 Å². The van der Waals surface area contributed by atoms with Crippen molar-refractivity contribution in [2.75, 3.05) is 57.2 Å². The maximum atomic E-state index is 12.6. The van der Waals surface area contributed by atoms with Gasteiger partial charge in [0.25, 0.3) is 0 Å². The molecule has 61 heavy (non-hydrogen) atoms. The molecule has 0 atom stereocenters. The molecule has 5 N–H and O–H groups in total. The van der Waals surface area contributed by atoms with Crippen LogP contribution in [-0.2, 0) is 0 Å². The molecule has 2 fully saturated rings. The molecule has 6 heterocycles. The van der Waals surface area contributed by atoms with Crippen LogP contribution < -0.4 is 31.1 Å². The first-order valence-corrected chi connectivity index (χ1v) is 23.2. The maximum absolute atomic E-state index is 12.6. The molecule has 0 saturated carbocycles. The van der Waals surface area contributed by atoms with Gasteiger partial charge in [-0.3, -0.25) is 10.6 Å². The second-order valence-corrected chi connectivity index (χ2v) is 19.0. The van der Waals surface area contributed by atoms with Crippen molar-refractivity contribution < 1.29 is 19.5 Å². The van der Waals surface area contributed by atoms with Crippen molar-refractivity contribution in [3.63, 3.8) is 0 Å². The van der Waals surface area contributed by atoms with E-state index in [-0.39, 0.29) is 17.6 Å². The summed E-state index contributed by atoms with van der Waals surface area (Å²) in [7, 11) is 0. The number of carbonyl (C=O) groups is 3. The molecule has 2 aromatic carbocycles. The Kier molecular flexibility index (Phi) is 15.1. The first kappa shape index (κ1) is 43.4. The van der Waals surface area contributed by atoms with Crippen LogP contribution in [0.1, 0.15) is 60.0 Å². The SMILES string of the molecule is Cc1ccc(NC(=O)Nc2ncc(Sc3ccc(C(=O)O)cn3)s2)c(N2CCCCC2)c1.Cc1ccc(NC(=O)Nc2ncc(Sc3ccccn3)s2)c(N2CCCCC2)c1.